The minimum atomic E-state index is -0.309. The predicted octanol–water partition coefficient (Wildman–Crippen LogP) is 5.65. The van der Waals surface area contributed by atoms with E-state index < -0.39 is 0 Å². The molecule has 0 unspecified atom stereocenters. The molecule has 0 saturated heterocycles. The summed E-state index contributed by atoms with van der Waals surface area (Å²) >= 11 is 4.32. The first-order valence-corrected chi connectivity index (χ1v) is 8.79. The molecule has 4 aromatic rings. The molecular formula is C22H15FN2OS. The zero-order chi connectivity index (χ0) is 18.8. The van der Waals surface area contributed by atoms with E-state index in [2.05, 4.69) is 22.6 Å². The van der Waals surface area contributed by atoms with Crippen molar-refractivity contribution in [1.29, 1.82) is 0 Å². The van der Waals surface area contributed by atoms with Crippen LogP contribution in [0.1, 0.15) is 10.4 Å². The number of hydrogen-bond donors (Lipinski definition) is 2. The van der Waals surface area contributed by atoms with Crippen LogP contribution in [-0.4, -0.2) is 16.3 Å². The number of thiol groups is 1. The number of nitrogens with one attached hydrogen (secondary N) is 1. The van der Waals surface area contributed by atoms with E-state index in [-0.39, 0.29) is 5.82 Å². The van der Waals surface area contributed by atoms with Gasteiger partial charge in [0, 0.05) is 28.4 Å². The Morgan fingerprint density at radius 3 is 2.04 bits per heavy atom. The van der Waals surface area contributed by atoms with Crippen LogP contribution >= 0.6 is 12.6 Å². The minimum Gasteiger partial charge on any atom is -0.353 e. The molecule has 0 atom stereocenters. The lowest BCUT2D eigenvalue weighted by Crippen LogP contribution is -1.88. The molecule has 2 heterocycles. The number of benzene rings is 2. The number of H-pyrrole nitrogens is 1. The van der Waals surface area contributed by atoms with E-state index in [1.165, 1.54) is 12.1 Å². The Labute approximate surface area is 161 Å². The Kier molecular flexibility index (Phi) is 4.60. The van der Waals surface area contributed by atoms with E-state index in [4.69, 9.17) is 0 Å². The number of carbonyl (C=O) groups excluding carboxylic acids is 1. The average molecular weight is 374 g/mol. The topological polar surface area (TPSA) is 45.8 Å². The average Bonchev–Trinajstić information content (AvgIpc) is 3.09. The Bertz CT molecular complexity index is 1090. The summed E-state index contributed by atoms with van der Waals surface area (Å²) in [5.74, 6) is -0.309. The van der Waals surface area contributed by atoms with Crippen LogP contribution in [0.4, 0.5) is 4.39 Å². The molecule has 0 radical (unpaired) electrons. The number of aldehydes is 1. The third-order valence-electron chi connectivity index (χ3n) is 4.41. The van der Waals surface area contributed by atoms with Crippen LogP contribution in [0.2, 0.25) is 0 Å². The number of aromatic nitrogens is 2. The fraction of sp³-hybridized carbons (Fsp3) is 0. The summed E-state index contributed by atoms with van der Waals surface area (Å²) in [5, 5.41) is 0. The molecular weight excluding hydrogens is 359 g/mol. The van der Waals surface area contributed by atoms with Gasteiger partial charge in [-0.2, -0.15) is 0 Å². The third kappa shape index (κ3) is 3.29. The van der Waals surface area contributed by atoms with Gasteiger partial charge in [-0.3, -0.25) is 9.78 Å². The first-order chi connectivity index (χ1) is 13.2. The summed E-state index contributed by atoms with van der Waals surface area (Å²) in [4.78, 5) is 20.3. The minimum absolute atomic E-state index is 0.309. The van der Waals surface area contributed by atoms with E-state index in [1.54, 1.807) is 24.5 Å². The molecule has 5 heteroatoms. The molecule has 0 fully saturated rings. The van der Waals surface area contributed by atoms with Crippen LogP contribution < -0.4 is 0 Å². The highest BCUT2D eigenvalue weighted by molar-refractivity contribution is 7.80. The van der Waals surface area contributed by atoms with Gasteiger partial charge in [-0.1, -0.05) is 12.1 Å². The van der Waals surface area contributed by atoms with Crippen molar-refractivity contribution in [2.75, 3.05) is 0 Å². The van der Waals surface area contributed by atoms with Gasteiger partial charge < -0.3 is 4.98 Å². The van der Waals surface area contributed by atoms with E-state index >= 15 is 0 Å². The lowest BCUT2D eigenvalue weighted by molar-refractivity contribution is 0.112. The molecule has 0 saturated carbocycles. The van der Waals surface area contributed by atoms with Gasteiger partial charge in [0.1, 0.15) is 5.82 Å². The van der Waals surface area contributed by atoms with Gasteiger partial charge in [0.05, 0.1) is 11.4 Å². The number of rotatable bonds is 4. The quantitative estimate of drug-likeness (QED) is 0.358. The number of carbonyl (C=O) groups is 1. The predicted molar refractivity (Wildman–Crippen MR) is 107 cm³/mol. The van der Waals surface area contributed by atoms with Crippen LogP contribution in [-0.2, 0) is 0 Å². The smallest absolute Gasteiger partial charge is 0.152 e. The number of pyridine rings is 1. The zero-order valence-corrected chi connectivity index (χ0v) is 15.1. The monoisotopic (exact) mass is 374 g/mol. The molecule has 1 N–H and O–H groups in total. The van der Waals surface area contributed by atoms with Crippen molar-refractivity contribution in [2.24, 2.45) is 0 Å². The van der Waals surface area contributed by atoms with E-state index in [1.807, 2.05) is 36.4 Å². The summed E-state index contributed by atoms with van der Waals surface area (Å²) in [6.45, 7) is 0. The summed E-state index contributed by atoms with van der Waals surface area (Å²) in [6, 6.07) is 17.5. The molecule has 0 spiro atoms. The van der Waals surface area contributed by atoms with Gasteiger partial charge in [0.15, 0.2) is 6.29 Å². The van der Waals surface area contributed by atoms with Crippen molar-refractivity contribution in [3.05, 3.63) is 84.4 Å². The Balaban J connectivity index is 2.00. The Hall–Kier alpha value is -3.18. The van der Waals surface area contributed by atoms with Gasteiger partial charge >= 0.3 is 0 Å². The summed E-state index contributed by atoms with van der Waals surface area (Å²) < 4.78 is 13.4. The fourth-order valence-electron chi connectivity index (χ4n) is 3.14. The number of hydrogen-bond acceptors (Lipinski definition) is 3. The lowest BCUT2D eigenvalue weighted by atomic mass is 9.97. The maximum Gasteiger partial charge on any atom is 0.152 e. The number of nitrogens with zero attached hydrogens (tertiary/aromatic N) is 1. The highest BCUT2D eigenvalue weighted by Gasteiger charge is 2.20. The number of aromatic amines is 1. The zero-order valence-electron chi connectivity index (χ0n) is 14.2. The van der Waals surface area contributed by atoms with Gasteiger partial charge in [0.2, 0.25) is 0 Å². The Morgan fingerprint density at radius 2 is 1.41 bits per heavy atom. The SMILES string of the molecule is O=Cc1c(-c2ccc(S)cc2)[nH]c(-c2ccc(F)cc2)c1-c1ccncc1. The molecule has 4 rings (SSSR count). The third-order valence-corrected chi connectivity index (χ3v) is 4.71. The van der Waals surface area contributed by atoms with E-state index in [0.717, 1.165) is 39.1 Å². The maximum absolute atomic E-state index is 13.4. The highest BCUT2D eigenvalue weighted by atomic mass is 32.1. The molecule has 3 nitrogen and oxygen atoms in total. The van der Waals surface area contributed by atoms with E-state index in [0.29, 0.717) is 11.3 Å². The van der Waals surface area contributed by atoms with Crippen LogP contribution in [0.5, 0.6) is 0 Å². The summed E-state index contributed by atoms with van der Waals surface area (Å²) in [5.41, 5.74) is 5.32. The van der Waals surface area contributed by atoms with E-state index in [9.17, 15) is 9.18 Å². The van der Waals surface area contributed by atoms with Crippen LogP contribution in [0.25, 0.3) is 33.6 Å². The van der Waals surface area contributed by atoms with Gasteiger partial charge in [0.25, 0.3) is 0 Å². The second-order valence-electron chi connectivity index (χ2n) is 6.07. The first-order valence-electron chi connectivity index (χ1n) is 8.34. The van der Waals surface area contributed by atoms with Gasteiger partial charge in [-0.25, -0.2) is 4.39 Å². The molecule has 132 valence electrons. The molecule has 0 aliphatic heterocycles. The van der Waals surface area contributed by atoms with Crippen molar-refractivity contribution in [3.63, 3.8) is 0 Å². The largest absolute Gasteiger partial charge is 0.353 e. The van der Waals surface area contributed by atoms with Crippen molar-refractivity contribution < 1.29 is 9.18 Å². The van der Waals surface area contributed by atoms with Crippen molar-refractivity contribution in [2.45, 2.75) is 4.90 Å². The molecule has 27 heavy (non-hydrogen) atoms. The highest BCUT2D eigenvalue weighted by Crippen LogP contribution is 2.39. The van der Waals surface area contributed by atoms with Crippen LogP contribution in [0, 0.1) is 5.82 Å². The standard InChI is InChI=1S/C22H15FN2OS/c23-17-5-1-16(2-6-17)22-20(14-9-11-24-12-10-14)19(13-26)21(25-22)15-3-7-18(27)8-4-15/h1-13,25,27H. The summed E-state index contributed by atoms with van der Waals surface area (Å²) in [6.07, 6.45) is 4.21. The van der Waals surface area contributed by atoms with Crippen molar-refractivity contribution in [3.8, 4) is 33.6 Å². The first kappa shape index (κ1) is 17.2. The van der Waals surface area contributed by atoms with Gasteiger partial charge in [-0.05, 0) is 65.2 Å². The second-order valence-corrected chi connectivity index (χ2v) is 6.59. The van der Waals surface area contributed by atoms with Crippen LogP contribution in [0.15, 0.2) is 78.0 Å². The molecule has 0 bridgehead atoms. The molecule has 2 aromatic carbocycles. The molecule has 0 aliphatic carbocycles. The second kappa shape index (κ2) is 7.21. The lowest BCUT2D eigenvalue weighted by Gasteiger charge is -2.06. The van der Waals surface area contributed by atoms with Crippen molar-refractivity contribution in [1.82, 2.24) is 9.97 Å². The molecule has 2 aromatic heterocycles. The van der Waals surface area contributed by atoms with Crippen LogP contribution in [0.3, 0.4) is 0 Å². The number of halogens is 1. The Morgan fingerprint density at radius 1 is 0.815 bits per heavy atom. The van der Waals surface area contributed by atoms with Gasteiger partial charge in [-0.15, -0.1) is 12.6 Å². The fourth-order valence-corrected chi connectivity index (χ4v) is 3.29. The van der Waals surface area contributed by atoms with Crippen molar-refractivity contribution >= 4 is 18.9 Å². The normalized spacial score (nSPS) is 10.7. The molecule has 0 aliphatic rings. The molecule has 0 amide bonds. The maximum atomic E-state index is 13.4. The summed E-state index contributed by atoms with van der Waals surface area (Å²) in [7, 11) is 0.